The smallest absolute Gasteiger partial charge is 0.323 e. The van der Waals surface area contributed by atoms with Crippen molar-refractivity contribution in [3.63, 3.8) is 0 Å². The van der Waals surface area contributed by atoms with Gasteiger partial charge in [0.05, 0.1) is 12.7 Å². The standard InChI is InChI=1S/C13H27NO4S/c1-3-7-14-13(2,12(17)18)6-4-5-8-19-10-11(16)9-15/h11,14-16H,3-10H2,1-2H3,(H,17,18). The molecule has 0 fully saturated rings. The van der Waals surface area contributed by atoms with Crippen LogP contribution in [-0.4, -0.2) is 57.6 Å². The molecule has 5 nitrogen and oxygen atoms in total. The average Bonchev–Trinajstić information content (AvgIpc) is 2.39. The summed E-state index contributed by atoms with van der Waals surface area (Å²) in [6.07, 6.45) is 2.62. The monoisotopic (exact) mass is 293 g/mol. The highest BCUT2D eigenvalue weighted by Crippen LogP contribution is 2.16. The number of nitrogens with one attached hydrogen (secondary N) is 1. The van der Waals surface area contributed by atoms with E-state index in [0.717, 1.165) is 25.0 Å². The third-order valence-corrected chi connectivity index (χ3v) is 4.17. The van der Waals surface area contributed by atoms with Crippen LogP contribution in [-0.2, 0) is 4.79 Å². The number of thioether (sulfide) groups is 1. The van der Waals surface area contributed by atoms with Crippen LogP contribution in [0.3, 0.4) is 0 Å². The first-order chi connectivity index (χ1) is 8.96. The summed E-state index contributed by atoms with van der Waals surface area (Å²) < 4.78 is 0. The molecule has 19 heavy (non-hydrogen) atoms. The highest BCUT2D eigenvalue weighted by atomic mass is 32.2. The molecule has 0 aromatic heterocycles. The Labute approximate surface area is 119 Å². The van der Waals surface area contributed by atoms with Gasteiger partial charge in [0.25, 0.3) is 0 Å². The lowest BCUT2D eigenvalue weighted by atomic mass is 9.95. The first-order valence-corrected chi connectivity index (χ1v) is 7.96. The molecule has 0 amide bonds. The molecule has 0 aromatic carbocycles. The van der Waals surface area contributed by atoms with Crippen molar-refractivity contribution in [3.8, 4) is 0 Å². The summed E-state index contributed by atoms with van der Waals surface area (Å²) in [5, 5.41) is 30.1. The zero-order valence-electron chi connectivity index (χ0n) is 11.9. The Morgan fingerprint density at radius 1 is 1.42 bits per heavy atom. The van der Waals surface area contributed by atoms with Gasteiger partial charge in [0.15, 0.2) is 0 Å². The lowest BCUT2D eigenvalue weighted by Gasteiger charge is -2.26. The minimum Gasteiger partial charge on any atom is -0.480 e. The van der Waals surface area contributed by atoms with Crippen LogP contribution in [0, 0.1) is 0 Å². The Morgan fingerprint density at radius 2 is 2.11 bits per heavy atom. The summed E-state index contributed by atoms with van der Waals surface area (Å²) in [6.45, 7) is 4.25. The number of carboxylic acid groups (broad SMARTS) is 1. The Kier molecular flexibility index (Phi) is 10.3. The molecule has 4 N–H and O–H groups in total. The largest absolute Gasteiger partial charge is 0.480 e. The second-order valence-corrected chi connectivity index (χ2v) is 6.08. The molecule has 114 valence electrons. The van der Waals surface area contributed by atoms with Crippen LogP contribution in [0.4, 0.5) is 0 Å². The Morgan fingerprint density at radius 3 is 2.63 bits per heavy atom. The minimum atomic E-state index is -0.842. The average molecular weight is 293 g/mol. The number of hydrogen-bond donors (Lipinski definition) is 4. The highest BCUT2D eigenvalue weighted by Gasteiger charge is 2.31. The Bertz CT molecular complexity index is 253. The summed E-state index contributed by atoms with van der Waals surface area (Å²) in [6, 6.07) is 0. The van der Waals surface area contributed by atoms with Crippen LogP contribution in [0.2, 0.25) is 0 Å². The van der Waals surface area contributed by atoms with E-state index in [-0.39, 0.29) is 6.61 Å². The maximum absolute atomic E-state index is 11.2. The topological polar surface area (TPSA) is 89.8 Å². The second kappa shape index (κ2) is 10.5. The van der Waals surface area contributed by atoms with Gasteiger partial charge >= 0.3 is 5.97 Å². The molecule has 0 aliphatic carbocycles. The summed E-state index contributed by atoms with van der Waals surface area (Å²) in [5.74, 6) is 0.603. The molecular weight excluding hydrogens is 266 g/mol. The number of aliphatic hydroxyl groups is 2. The molecule has 0 spiro atoms. The number of rotatable bonds is 12. The third kappa shape index (κ3) is 8.47. The van der Waals surface area contributed by atoms with Crippen molar-refractivity contribution in [2.45, 2.75) is 51.2 Å². The number of aliphatic hydroxyl groups excluding tert-OH is 2. The summed E-state index contributed by atoms with van der Waals surface area (Å²) in [5.41, 5.74) is -0.842. The molecule has 0 saturated heterocycles. The van der Waals surface area contributed by atoms with Gasteiger partial charge in [0.1, 0.15) is 5.54 Å². The van der Waals surface area contributed by atoms with Crippen LogP contribution in [0.1, 0.15) is 39.5 Å². The van der Waals surface area contributed by atoms with E-state index in [1.165, 1.54) is 0 Å². The number of hydrogen-bond acceptors (Lipinski definition) is 5. The summed E-state index contributed by atoms with van der Waals surface area (Å²) in [7, 11) is 0. The van der Waals surface area contributed by atoms with Crippen LogP contribution in [0.15, 0.2) is 0 Å². The van der Waals surface area contributed by atoms with Crippen LogP contribution < -0.4 is 5.32 Å². The van der Waals surface area contributed by atoms with E-state index in [1.807, 2.05) is 6.92 Å². The lowest BCUT2D eigenvalue weighted by Crippen LogP contribution is -2.49. The molecule has 0 radical (unpaired) electrons. The molecular formula is C13H27NO4S. The molecule has 0 bridgehead atoms. The summed E-state index contributed by atoms with van der Waals surface area (Å²) >= 11 is 1.58. The number of unbranched alkanes of at least 4 members (excludes halogenated alkanes) is 1. The zero-order valence-corrected chi connectivity index (χ0v) is 12.7. The maximum atomic E-state index is 11.2. The fraction of sp³-hybridized carbons (Fsp3) is 0.923. The van der Waals surface area contributed by atoms with E-state index in [2.05, 4.69) is 5.32 Å². The summed E-state index contributed by atoms with van der Waals surface area (Å²) in [4.78, 5) is 11.2. The van der Waals surface area contributed by atoms with Crippen LogP contribution >= 0.6 is 11.8 Å². The molecule has 2 atom stereocenters. The maximum Gasteiger partial charge on any atom is 0.323 e. The van der Waals surface area contributed by atoms with E-state index in [0.29, 0.717) is 18.7 Å². The molecule has 6 heteroatoms. The Balaban J connectivity index is 3.79. The van der Waals surface area contributed by atoms with Crippen molar-refractivity contribution >= 4 is 17.7 Å². The van der Waals surface area contributed by atoms with E-state index in [1.54, 1.807) is 18.7 Å². The predicted octanol–water partition coefficient (Wildman–Crippen LogP) is 1.09. The van der Waals surface area contributed by atoms with Crippen molar-refractivity contribution in [1.82, 2.24) is 5.32 Å². The van der Waals surface area contributed by atoms with Gasteiger partial charge in [-0.1, -0.05) is 13.3 Å². The number of carbonyl (C=O) groups is 1. The predicted molar refractivity (Wildman–Crippen MR) is 78.6 cm³/mol. The van der Waals surface area contributed by atoms with E-state index in [4.69, 9.17) is 10.2 Å². The van der Waals surface area contributed by atoms with Gasteiger partial charge in [-0.15, -0.1) is 0 Å². The third-order valence-electron chi connectivity index (χ3n) is 2.97. The van der Waals surface area contributed by atoms with E-state index >= 15 is 0 Å². The molecule has 2 unspecified atom stereocenters. The minimum absolute atomic E-state index is 0.203. The van der Waals surface area contributed by atoms with Crippen LogP contribution in [0.5, 0.6) is 0 Å². The second-order valence-electron chi connectivity index (χ2n) is 4.93. The van der Waals surface area contributed by atoms with Crippen molar-refractivity contribution in [3.05, 3.63) is 0 Å². The fourth-order valence-corrected chi connectivity index (χ4v) is 2.58. The van der Waals surface area contributed by atoms with Gasteiger partial charge < -0.3 is 20.6 Å². The number of carboxylic acids is 1. The van der Waals surface area contributed by atoms with Crippen molar-refractivity contribution in [1.29, 1.82) is 0 Å². The molecule has 0 rings (SSSR count). The normalized spacial score (nSPS) is 16.0. The molecule has 0 saturated carbocycles. The van der Waals surface area contributed by atoms with Crippen LogP contribution in [0.25, 0.3) is 0 Å². The quantitative estimate of drug-likeness (QED) is 0.403. The van der Waals surface area contributed by atoms with Gasteiger partial charge in [0, 0.05) is 5.75 Å². The van der Waals surface area contributed by atoms with Gasteiger partial charge in [-0.3, -0.25) is 4.79 Å². The zero-order chi connectivity index (χ0) is 14.7. The lowest BCUT2D eigenvalue weighted by molar-refractivity contribution is -0.144. The van der Waals surface area contributed by atoms with E-state index < -0.39 is 17.6 Å². The molecule has 0 heterocycles. The van der Waals surface area contributed by atoms with Gasteiger partial charge in [-0.2, -0.15) is 11.8 Å². The fourth-order valence-electron chi connectivity index (χ4n) is 1.63. The van der Waals surface area contributed by atoms with Gasteiger partial charge in [-0.05, 0) is 38.5 Å². The Hall–Kier alpha value is -0.300. The van der Waals surface area contributed by atoms with Crippen molar-refractivity contribution in [2.24, 2.45) is 0 Å². The molecule has 0 aromatic rings. The van der Waals surface area contributed by atoms with Crippen molar-refractivity contribution in [2.75, 3.05) is 24.7 Å². The first-order valence-electron chi connectivity index (χ1n) is 6.81. The highest BCUT2D eigenvalue weighted by molar-refractivity contribution is 7.99. The molecule has 0 aliphatic heterocycles. The van der Waals surface area contributed by atoms with E-state index in [9.17, 15) is 9.90 Å². The SMILES string of the molecule is CCCNC(C)(CCCCSCC(O)CO)C(=O)O. The first kappa shape index (κ1) is 18.7. The van der Waals surface area contributed by atoms with Crippen molar-refractivity contribution < 1.29 is 20.1 Å². The number of aliphatic carboxylic acids is 1. The van der Waals surface area contributed by atoms with Gasteiger partial charge in [0.2, 0.25) is 0 Å². The molecule has 0 aliphatic rings. The van der Waals surface area contributed by atoms with Gasteiger partial charge in [-0.25, -0.2) is 0 Å².